The Bertz CT molecular complexity index is 2480. The molecule has 2 fully saturated rings. The number of nitrogens with zero attached hydrogens (tertiary/aromatic N) is 6. The number of halogens is 7. The number of hydrogen-bond acceptors (Lipinski definition) is 9. The minimum absolute atomic E-state index is 0.186. The van der Waals surface area contributed by atoms with Crippen molar-refractivity contribution in [3.05, 3.63) is 111 Å². The van der Waals surface area contributed by atoms with Crippen molar-refractivity contribution in [3.8, 4) is 32.5 Å². The number of hydrazine groups is 2. The maximum Gasteiger partial charge on any atom is 0.286 e. The molecule has 1 amide bonds. The molecule has 0 bridgehead atoms. The van der Waals surface area contributed by atoms with Crippen molar-refractivity contribution in [2.45, 2.75) is 65.2 Å². The van der Waals surface area contributed by atoms with Crippen LogP contribution in [0.2, 0.25) is 20.1 Å². The zero-order chi connectivity index (χ0) is 43.8. The van der Waals surface area contributed by atoms with Gasteiger partial charge >= 0.3 is 0 Å². The normalized spacial score (nSPS) is 14.5. The number of nitrogens with two attached hydrogens (primary N) is 1. The van der Waals surface area contributed by atoms with E-state index in [0.29, 0.717) is 50.0 Å². The lowest BCUT2D eigenvalue weighted by Crippen LogP contribution is -2.45. The van der Waals surface area contributed by atoms with Gasteiger partial charge < -0.3 is 0 Å². The Hall–Kier alpha value is -2.31. The van der Waals surface area contributed by atoms with Crippen molar-refractivity contribution in [2.24, 2.45) is 5.84 Å². The molecule has 0 radical (unpaired) electrons. The maximum atomic E-state index is 13.2. The molecule has 324 valence electrons. The van der Waals surface area contributed by atoms with E-state index in [-0.39, 0.29) is 11.6 Å². The molecule has 0 spiro atoms. The lowest BCUT2D eigenvalue weighted by Gasteiger charge is -2.26. The van der Waals surface area contributed by atoms with E-state index >= 15 is 0 Å². The largest absolute Gasteiger partial charge is 0.286 e. The Morgan fingerprint density at radius 3 is 1.49 bits per heavy atom. The first-order valence-corrected chi connectivity index (χ1v) is 24.8. The molecule has 0 aliphatic carbocycles. The van der Waals surface area contributed by atoms with E-state index in [1.807, 2.05) is 54.2 Å². The molecule has 6 aromatic rings. The van der Waals surface area contributed by atoms with Crippen LogP contribution in [0.25, 0.3) is 32.5 Å². The molecular weight excluding hydrogens is 1050 g/mol. The fraction of sp³-hybridized carbons (Fsp3) is 0.333. The van der Waals surface area contributed by atoms with Crippen molar-refractivity contribution in [3.63, 3.8) is 0 Å². The van der Waals surface area contributed by atoms with Crippen LogP contribution in [0.4, 0.5) is 0 Å². The standard InChI is InChI=1S/C21H21BrCl2N4OS.C16H10BrCl3N2OS.C5H12N2/c1-2-14-19(21(29)26-27-10-4-3-5-11-27)25-28(16-7-6-13(23)12-15(16)24)20(14)17-8-9-18(22)30-17;1-2-9-14(16(20)23)21-22(11-4-3-8(18)7-10(11)19)15(9)12-5-6-13(17)24-12;6-7-4-2-1-3-5-7/h6-9,12H,2-5,10-11H2,1H3,(H,26,29);3-7H,2H2,1H3;1-6H2. The zero-order valence-corrected chi connectivity index (χ0v) is 41.9. The monoisotopic (exact) mass is 1090 g/mol. The van der Waals surface area contributed by atoms with E-state index in [1.165, 1.54) is 25.7 Å². The van der Waals surface area contributed by atoms with E-state index in [4.69, 9.17) is 68.9 Å². The van der Waals surface area contributed by atoms with Crippen LogP contribution < -0.4 is 11.3 Å². The Morgan fingerprint density at radius 1 is 0.672 bits per heavy atom. The first-order chi connectivity index (χ1) is 29.3. The van der Waals surface area contributed by atoms with Crippen LogP contribution in [0.1, 0.15) is 84.5 Å². The Morgan fingerprint density at radius 2 is 1.11 bits per heavy atom. The number of thiophene rings is 2. The lowest BCUT2D eigenvalue weighted by molar-refractivity contribution is 0.0743. The summed E-state index contributed by atoms with van der Waals surface area (Å²) < 4.78 is 5.41. The Balaban J connectivity index is 0.000000179. The second kappa shape index (κ2) is 22.5. The van der Waals surface area contributed by atoms with Gasteiger partial charge in [0, 0.05) is 47.4 Å². The molecule has 2 saturated heterocycles. The minimum atomic E-state index is -0.590. The van der Waals surface area contributed by atoms with E-state index < -0.39 is 5.24 Å². The van der Waals surface area contributed by atoms with E-state index in [2.05, 4.69) is 42.4 Å². The van der Waals surface area contributed by atoms with Gasteiger partial charge in [0.05, 0.1) is 50.1 Å². The number of hydrogen-bond donors (Lipinski definition) is 2. The van der Waals surface area contributed by atoms with Crippen LogP contribution in [0.15, 0.2) is 68.2 Å². The first-order valence-electron chi connectivity index (χ1n) is 19.7. The summed E-state index contributed by atoms with van der Waals surface area (Å²) in [6.07, 6.45) is 8.60. The molecule has 19 heteroatoms. The summed E-state index contributed by atoms with van der Waals surface area (Å²) in [7, 11) is 0. The molecule has 0 unspecified atom stereocenters. The number of carbonyl (C=O) groups is 2. The zero-order valence-electron chi connectivity index (χ0n) is 33.3. The summed E-state index contributed by atoms with van der Waals surface area (Å²) in [4.78, 5) is 27.0. The fourth-order valence-corrected chi connectivity index (χ4v) is 11.1. The molecule has 6 heterocycles. The van der Waals surface area contributed by atoms with Crippen LogP contribution in [0.5, 0.6) is 0 Å². The molecule has 0 saturated carbocycles. The molecule has 2 aliphatic rings. The number of benzene rings is 2. The average molecular weight is 1090 g/mol. The van der Waals surface area contributed by atoms with E-state index in [9.17, 15) is 9.59 Å². The van der Waals surface area contributed by atoms with E-state index in [1.54, 1.807) is 62.4 Å². The molecule has 61 heavy (non-hydrogen) atoms. The van der Waals surface area contributed by atoms with Gasteiger partial charge in [-0.2, -0.15) is 10.2 Å². The van der Waals surface area contributed by atoms with Crippen molar-refractivity contribution in [2.75, 3.05) is 26.2 Å². The van der Waals surface area contributed by atoms with Gasteiger partial charge in [0.15, 0.2) is 5.69 Å². The van der Waals surface area contributed by atoms with Crippen molar-refractivity contribution in [1.29, 1.82) is 0 Å². The highest BCUT2D eigenvalue weighted by atomic mass is 79.9. The SMILES string of the molecule is CCc1c(C(=O)Cl)nn(-c2ccc(Cl)cc2Cl)c1-c1ccc(Br)s1.CCc1c(C(=O)NN2CCCCC2)nn(-c2ccc(Cl)cc2Cl)c1-c1ccc(Br)s1.NN1CCCCC1. The van der Waals surface area contributed by atoms with Crippen LogP contribution >= 0.6 is 113 Å². The number of rotatable bonds is 9. The summed E-state index contributed by atoms with van der Waals surface area (Å²) in [5.74, 6) is 5.28. The lowest BCUT2D eigenvalue weighted by atomic mass is 10.1. The van der Waals surface area contributed by atoms with Crippen molar-refractivity contribution < 1.29 is 9.59 Å². The Labute approximate surface area is 405 Å². The number of aromatic nitrogens is 4. The third kappa shape index (κ3) is 12.1. The number of piperidine rings is 2. The van der Waals surface area contributed by atoms with Gasteiger partial charge in [0.25, 0.3) is 11.1 Å². The van der Waals surface area contributed by atoms with Gasteiger partial charge in [-0.25, -0.2) is 19.4 Å². The highest BCUT2D eigenvalue weighted by molar-refractivity contribution is 9.11. The molecular formula is C42H43Br2Cl5N8O2S2. The molecule has 8 rings (SSSR count). The van der Waals surface area contributed by atoms with Gasteiger partial charge in [-0.3, -0.25) is 20.9 Å². The van der Waals surface area contributed by atoms with Crippen molar-refractivity contribution in [1.82, 2.24) is 35.0 Å². The molecule has 10 nitrogen and oxygen atoms in total. The van der Waals surface area contributed by atoms with E-state index in [0.717, 1.165) is 78.9 Å². The van der Waals surface area contributed by atoms with Crippen LogP contribution in [0, 0.1) is 0 Å². The van der Waals surface area contributed by atoms with Gasteiger partial charge in [0.1, 0.15) is 5.69 Å². The first kappa shape index (κ1) is 48.2. The quantitative estimate of drug-likeness (QED) is 0.109. The van der Waals surface area contributed by atoms with Crippen LogP contribution in [-0.2, 0) is 12.8 Å². The molecule has 2 aromatic carbocycles. The summed E-state index contributed by atoms with van der Waals surface area (Å²) in [6.45, 7) is 7.91. The van der Waals surface area contributed by atoms with Crippen LogP contribution in [-0.4, -0.2) is 66.9 Å². The topological polar surface area (TPSA) is 114 Å². The molecule has 2 aliphatic heterocycles. The van der Waals surface area contributed by atoms with Crippen molar-refractivity contribution >= 4 is 124 Å². The second-order valence-corrected chi connectivity index (χ2v) is 21.1. The molecule has 3 N–H and O–H groups in total. The number of carbonyl (C=O) groups excluding carboxylic acids is 2. The number of amides is 1. The molecule has 0 atom stereocenters. The predicted octanol–water partition coefficient (Wildman–Crippen LogP) is 13.3. The van der Waals surface area contributed by atoms with Gasteiger partial charge in [-0.05, 0) is 143 Å². The summed E-state index contributed by atoms with van der Waals surface area (Å²) in [5, 5.41) is 14.5. The van der Waals surface area contributed by atoms with Gasteiger partial charge in [-0.15, -0.1) is 22.7 Å². The highest BCUT2D eigenvalue weighted by Gasteiger charge is 2.28. The third-order valence-electron chi connectivity index (χ3n) is 9.97. The smallest absolute Gasteiger partial charge is 0.283 e. The number of nitrogens with one attached hydrogen (secondary N) is 1. The second-order valence-electron chi connectivity index (χ2n) is 14.1. The molecule has 4 aromatic heterocycles. The average Bonchev–Trinajstić information content (AvgIpc) is 4.04. The van der Waals surface area contributed by atoms with Gasteiger partial charge in [0.2, 0.25) is 0 Å². The summed E-state index contributed by atoms with van der Waals surface area (Å²) in [5.41, 5.74) is 8.40. The Kier molecular flexibility index (Phi) is 17.8. The predicted molar refractivity (Wildman–Crippen MR) is 261 cm³/mol. The fourth-order valence-electron chi connectivity index (χ4n) is 7.08. The van der Waals surface area contributed by atoms with Crippen LogP contribution in [0.3, 0.4) is 0 Å². The maximum absolute atomic E-state index is 13.2. The highest BCUT2D eigenvalue weighted by Crippen LogP contribution is 2.40. The summed E-state index contributed by atoms with van der Waals surface area (Å²) in [6, 6.07) is 18.4. The summed E-state index contributed by atoms with van der Waals surface area (Å²) >= 11 is 40.8. The minimum Gasteiger partial charge on any atom is -0.283 e. The third-order valence-corrected chi connectivity index (χ3v) is 14.5. The van der Waals surface area contributed by atoms with Gasteiger partial charge in [-0.1, -0.05) is 73.1 Å².